The van der Waals surface area contributed by atoms with Gasteiger partial charge in [-0.15, -0.1) is 6.58 Å². The van der Waals surface area contributed by atoms with E-state index < -0.39 is 0 Å². The Kier molecular flexibility index (Phi) is 1.91. The third-order valence-corrected chi connectivity index (χ3v) is 2.84. The van der Waals surface area contributed by atoms with Gasteiger partial charge in [0.1, 0.15) is 5.78 Å². The molecule has 0 amide bonds. The van der Waals surface area contributed by atoms with E-state index in [4.69, 9.17) is 0 Å². The first-order valence-electron chi connectivity index (χ1n) is 4.16. The second-order valence-electron chi connectivity index (χ2n) is 4.12. The minimum atomic E-state index is 0.00356. The molecule has 1 aliphatic carbocycles. The zero-order valence-corrected chi connectivity index (χ0v) is 7.55. The monoisotopic (exact) mass is 152 g/mol. The second-order valence-corrected chi connectivity index (χ2v) is 4.12. The molecule has 2 atom stereocenters. The van der Waals surface area contributed by atoms with Gasteiger partial charge in [-0.1, -0.05) is 26.8 Å². The Hall–Kier alpha value is -0.590. The first kappa shape index (κ1) is 8.51. The van der Waals surface area contributed by atoms with Gasteiger partial charge in [-0.3, -0.25) is 4.79 Å². The van der Waals surface area contributed by atoms with Gasteiger partial charge in [0, 0.05) is 11.8 Å². The van der Waals surface area contributed by atoms with Gasteiger partial charge in [-0.2, -0.15) is 0 Å². The van der Waals surface area contributed by atoms with Crippen molar-refractivity contribution in [3.05, 3.63) is 12.7 Å². The molecule has 0 heterocycles. The lowest BCUT2D eigenvalue weighted by Crippen LogP contribution is -2.43. The number of Topliss-reactive ketones (excluding diaryl/α,β-unsaturated/α-hetero) is 1. The van der Waals surface area contributed by atoms with E-state index in [2.05, 4.69) is 20.4 Å². The van der Waals surface area contributed by atoms with Crippen molar-refractivity contribution in [3.8, 4) is 0 Å². The number of ketones is 1. The van der Waals surface area contributed by atoms with Crippen molar-refractivity contribution in [1.29, 1.82) is 0 Å². The number of carbonyl (C=O) groups excluding carboxylic acids is 1. The summed E-state index contributed by atoms with van der Waals surface area (Å²) in [7, 11) is 0. The van der Waals surface area contributed by atoms with E-state index in [-0.39, 0.29) is 11.3 Å². The van der Waals surface area contributed by atoms with Gasteiger partial charge in [-0.05, 0) is 11.8 Å². The fourth-order valence-corrected chi connectivity index (χ4v) is 1.58. The van der Waals surface area contributed by atoms with Crippen molar-refractivity contribution in [2.45, 2.75) is 27.2 Å². The summed E-state index contributed by atoms with van der Waals surface area (Å²) >= 11 is 0. The highest BCUT2D eigenvalue weighted by molar-refractivity contribution is 5.89. The Morgan fingerprint density at radius 2 is 2.18 bits per heavy atom. The molecule has 0 saturated heterocycles. The Morgan fingerprint density at radius 1 is 1.64 bits per heavy atom. The van der Waals surface area contributed by atoms with Crippen LogP contribution in [0.4, 0.5) is 0 Å². The van der Waals surface area contributed by atoms with Crippen molar-refractivity contribution in [3.63, 3.8) is 0 Å². The molecule has 1 rings (SSSR count). The summed E-state index contributed by atoms with van der Waals surface area (Å²) in [5.74, 6) is 0.934. The van der Waals surface area contributed by atoms with Crippen LogP contribution in [0.2, 0.25) is 0 Å². The van der Waals surface area contributed by atoms with Crippen LogP contribution < -0.4 is 0 Å². The van der Waals surface area contributed by atoms with E-state index in [9.17, 15) is 4.79 Å². The minimum absolute atomic E-state index is 0.00356. The fourth-order valence-electron chi connectivity index (χ4n) is 1.58. The molecular formula is C10H16O. The third-order valence-electron chi connectivity index (χ3n) is 2.84. The van der Waals surface area contributed by atoms with Gasteiger partial charge in [0.2, 0.25) is 0 Å². The molecule has 62 valence electrons. The summed E-state index contributed by atoms with van der Waals surface area (Å²) in [6, 6.07) is 0. The minimum Gasteiger partial charge on any atom is -0.299 e. The van der Waals surface area contributed by atoms with Gasteiger partial charge in [0.25, 0.3) is 0 Å². The van der Waals surface area contributed by atoms with Crippen LogP contribution in [0.15, 0.2) is 12.7 Å². The lowest BCUT2D eigenvalue weighted by atomic mass is 9.62. The summed E-state index contributed by atoms with van der Waals surface area (Å²) in [5.41, 5.74) is 0.00356. The highest BCUT2D eigenvalue weighted by atomic mass is 16.1. The quantitative estimate of drug-likeness (QED) is 0.555. The molecule has 1 saturated carbocycles. The van der Waals surface area contributed by atoms with E-state index in [0.29, 0.717) is 11.7 Å². The molecule has 1 aliphatic rings. The first-order chi connectivity index (χ1) is 4.99. The molecule has 0 aromatic heterocycles. The molecule has 0 bridgehead atoms. The highest BCUT2D eigenvalue weighted by Gasteiger charge is 2.43. The standard InChI is InChI=1S/C10H16O/c1-5-10(3,4)8-6-7(2)9(8)11/h5,7-8H,1,6H2,2-4H3. The predicted octanol–water partition coefficient (Wildman–Crippen LogP) is 2.42. The zero-order chi connectivity index (χ0) is 8.65. The molecule has 0 spiro atoms. The maximum atomic E-state index is 11.3. The summed E-state index contributed by atoms with van der Waals surface area (Å²) in [6.45, 7) is 9.90. The van der Waals surface area contributed by atoms with E-state index in [0.717, 1.165) is 6.42 Å². The van der Waals surface area contributed by atoms with Crippen molar-refractivity contribution in [2.24, 2.45) is 17.3 Å². The number of hydrogen-bond donors (Lipinski definition) is 0. The van der Waals surface area contributed by atoms with Crippen molar-refractivity contribution >= 4 is 5.78 Å². The summed E-state index contributed by atoms with van der Waals surface area (Å²) in [6.07, 6.45) is 2.93. The predicted molar refractivity (Wildman–Crippen MR) is 46.3 cm³/mol. The molecule has 1 fully saturated rings. The second kappa shape index (κ2) is 2.47. The van der Waals surface area contributed by atoms with Gasteiger partial charge in [-0.25, -0.2) is 0 Å². The molecular weight excluding hydrogens is 136 g/mol. The van der Waals surface area contributed by atoms with Crippen LogP contribution in [0.5, 0.6) is 0 Å². The normalized spacial score (nSPS) is 31.4. The van der Waals surface area contributed by atoms with Crippen LogP contribution in [-0.4, -0.2) is 5.78 Å². The fraction of sp³-hybridized carbons (Fsp3) is 0.700. The topological polar surface area (TPSA) is 17.1 Å². The average molecular weight is 152 g/mol. The summed E-state index contributed by atoms with van der Waals surface area (Å²) in [5, 5.41) is 0. The van der Waals surface area contributed by atoms with Crippen LogP contribution in [0.3, 0.4) is 0 Å². The molecule has 0 radical (unpaired) electrons. The molecule has 0 aromatic carbocycles. The molecule has 0 aromatic rings. The largest absolute Gasteiger partial charge is 0.299 e. The summed E-state index contributed by atoms with van der Waals surface area (Å²) < 4.78 is 0. The first-order valence-corrected chi connectivity index (χ1v) is 4.16. The number of carbonyl (C=O) groups is 1. The number of rotatable bonds is 2. The van der Waals surface area contributed by atoms with Crippen molar-refractivity contribution in [1.82, 2.24) is 0 Å². The maximum Gasteiger partial charge on any atom is 0.139 e. The van der Waals surface area contributed by atoms with Crippen LogP contribution in [-0.2, 0) is 4.79 Å². The van der Waals surface area contributed by atoms with Crippen LogP contribution in [0.1, 0.15) is 27.2 Å². The van der Waals surface area contributed by atoms with Crippen LogP contribution in [0.25, 0.3) is 0 Å². The lowest BCUT2D eigenvalue weighted by Gasteiger charge is -2.40. The molecule has 0 N–H and O–H groups in total. The molecule has 2 unspecified atom stereocenters. The summed E-state index contributed by atoms with van der Waals surface area (Å²) in [4.78, 5) is 11.3. The van der Waals surface area contributed by atoms with Gasteiger partial charge in [0.05, 0.1) is 0 Å². The van der Waals surface area contributed by atoms with Crippen LogP contribution in [0, 0.1) is 17.3 Å². The van der Waals surface area contributed by atoms with E-state index in [1.165, 1.54) is 0 Å². The van der Waals surface area contributed by atoms with Gasteiger partial charge in [0.15, 0.2) is 0 Å². The van der Waals surface area contributed by atoms with Crippen molar-refractivity contribution < 1.29 is 4.79 Å². The average Bonchev–Trinajstić information content (AvgIpc) is 1.99. The molecule has 1 heteroatoms. The molecule has 11 heavy (non-hydrogen) atoms. The van der Waals surface area contributed by atoms with E-state index >= 15 is 0 Å². The van der Waals surface area contributed by atoms with Gasteiger partial charge < -0.3 is 0 Å². The Balaban J connectivity index is 2.65. The smallest absolute Gasteiger partial charge is 0.139 e. The Bertz CT molecular complexity index is 191. The lowest BCUT2D eigenvalue weighted by molar-refractivity contribution is -0.139. The maximum absolute atomic E-state index is 11.3. The SMILES string of the molecule is C=CC(C)(C)C1CC(C)C1=O. The van der Waals surface area contributed by atoms with Gasteiger partial charge >= 0.3 is 0 Å². The number of hydrogen-bond acceptors (Lipinski definition) is 1. The van der Waals surface area contributed by atoms with Crippen molar-refractivity contribution in [2.75, 3.05) is 0 Å². The molecule has 0 aliphatic heterocycles. The number of allylic oxidation sites excluding steroid dienone is 1. The van der Waals surface area contributed by atoms with E-state index in [1.807, 2.05) is 13.0 Å². The van der Waals surface area contributed by atoms with Crippen LogP contribution >= 0.6 is 0 Å². The highest BCUT2D eigenvalue weighted by Crippen LogP contribution is 2.42. The Morgan fingerprint density at radius 3 is 2.45 bits per heavy atom. The molecule has 1 nitrogen and oxygen atoms in total. The Labute approximate surface area is 68.5 Å². The third kappa shape index (κ3) is 1.24. The zero-order valence-electron chi connectivity index (χ0n) is 7.55. The van der Waals surface area contributed by atoms with E-state index in [1.54, 1.807) is 0 Å².